The lowest BCUT2D eigenvalue weighted by molar-refractivity contribution is 0.190. The van der Waals surface area contributed by atoms with Crippen LogP contribution in [0.1, 0.15) is 6.42 Å². The van der Waals surface area contributed by atoms with Crippen molar-refractivity contribution in [1.82, 2.24) is 0 Å². The summed E-state index contributed by atoms with van der Waals surface area (Å²) in [6, 6.07) is 4.28. The van der Waals surface area contributed by atoms with Crippen LogP contribution >= 0.6 is 0 Å². The summed E-state index contributed by atoms with van der Waals surface area (Å²) in [6.45, 7) is 1.63. The quantitative estimate of drug-likeness (QED) is 0.839. The van der Waals surface area contributed by atoms with E-state index in [1.807, 2.05) is 12.1 Å². The molecule has 0 saturated carbocycles. The lowest BCUT2D eigenvalue weighted by Gasteiger charge is -2.29. The van der Waals surface area contributed by atoms with Gasteiger partial charge in [-0.15, -0.1) is 0 Å². The fourth-order valence-corrected chi connectivity index (χ4v) is 2.08. The minimum absolute atomic E-state index is 0.371. The molecule has 5 nitrogen and oxygen atoms in total. The molecule has 1 atom stereocenters. The van der Waals surface area contributed by atoms with Crippen LogP contribution < -0.4 is 20.1 Å². The van der Waals surface area contributed by atoms with Crippen molar-refractivity contribution in [2.45, 2.75) is 12.5 Å². The molecule has 1 aliphatic heterocycles. The van der Waals surface area contributed by atoms with Crippen LogP contribution in [0, 0.1) is 0 Å². The van der Waals surface area contributed by atoms with E-state index in [-0.39, 0.29) is 0 Å². The second-order valence-corrected chi connectivity index (χ2v) is 4.26. The Hall–Kier alpha value is -1.62. The molecule has 1 aromatic rings. The van der Waals surface area contributed by atoms with E-state index in [1.54, 1.807) is 21.3 Å². The molecule has 2 N–H and O–H groups in total. The molecule has 0 bridgehead atoms. The summed E-state index contributed by atoms with van der Waals surface area (Å²) in [4.78, 5) is 0. The van der Waals surface area contributed by atoms with Gasteiger partial charge in [-0.1, -0.05) is 0 Å². The van der Waals surface area contributed by atoms with Crippen molar-refractivity contribution in [3.05, 3.63) is 12.1 Å². The Balaban J connectivity index is 2.16. The maximum Gasteiger partial charge on any atom is 0.162 e. The van der Waals surface area contributed by atoms with Crippen LogP contribution in [0.25, 0.3) is 0 Å². The zero-order valence-electron chi connectivity index (χ0n) is 11.1. The first-order valence-electron chi connectivity index (χ1n) is 6.04. The third-order valence-electron chi connectivity index (χ3n) is 3.09. The molecule has 100 valence electrons. The maximum absolute atomic E-state index is 5.30. The zero-order valence-corrected chi connectivity index (χ0v) is 11.1. The number of anilines is 2. The van der Waals surface area contributed by atoms with Gasteiger partial charge in [0, 0.05) is 38.4 Å². The zero-order chi connectivity index (χ0) is 13.0. The van der Waals surface area contributed by atoms with Gasteiger partial charge in [0.05, 0.1) is 25.6 Å². The minimum atomic E-state index is 0.371. The monoisotopic (exact) mass is 252 g/mol. The maximum atomic E-state index is 5.30. The summed E-state index contributed by atoms with van der Waals surface area (Å²) < 4.78 is 15.7. The van der Waals surface area contributed by atoms with Gasteiger partial charge in [0.1, 0.15) is 0 Å². The number of methoxy groups -OCH3 is 3. The van der Waals surface area contributed by atoms with Crippen LogP contribution in [0.2, 0.25) is 0 Å². The highest BCUT2D eigenvalue weighted by molar-refractivity contribution is 5.76. The predicted molar refractivity (Wildman–Crippen MR) is 71.9 cm³/mol. The largest absolute Gasteiger partial charge is 0.493 e. The Kier molecular flexibility index (Phi) is 4.15. The van der Waals surface area contributed by atoms with Gasteiger partial charge in [0.15, 0.2) is 11.5 Å². The van der Waals surface area contributed by atoms with E-state index in [2.05, 4.69) is 10.6 Å². The molecule has 0 aliphatic carbocycles. The van der Waals surface area contributed by atoms with Crippen molar-refractivity contribution >= 4 is 11.4 Å². The first kappa shape index (κ1) is 12.8. The van der Waals surface area contributed by atoms with Crippen LogP contribution in [-0.2, 0) is 4.74 Å². The Morgan fingerprint density at radius 3 is 2.39 bits per heavy atom. The average molecular weight is 252 g/mol. The highest BCUT2D eigenvalue weighted by Gasteiger charge is 2.19. The number of rotatable bonds is 5. The molecule has 18 heavy (non-hydrogen) atoms. The molecule has 1 unspecified atom stereocenters. The molecule has 5 heteroatoms. The summed E-state index contributed by atoms with van der Waals surface area (Å²) >= 11 is 0. The molecule has 0 saturated heterocycles. The van der Waals surface area contributed by atoms with E-state index in [4.69, 9.17) is 14.2 Å². The van der Waals surface area contributed by atoms with Crippen molar-refractivity contribution in [3.8, 4) is 11.5 Å². The molecular formula is C13H20N2O3. The van der Waals surface area contributed by atoms with Gasteiger partial charge in [-0.05, 0) is 6.42 Å². The fourth-order valence-electron chi connectivity index (χ4n) is 2.08. The highest BCUT2D eigenvalue weighted by atomic mass is 16.5. The van der Waals surface area contributed by atoms with Crippen LogP contribution in [0.5, 0.6) is 11.5 Å². The van der Waals surface area contributed by atoms with E-state index in [1.165, 1.54) is 0 Å². The van der Waals surface area contributed by atoms with Crippen molar-refractivity contribution in [2.75, 3.05) is 45.1 Å². The summed E-state index contributed by atoms with van der Waals surface area (Å²) in [5.74, 6) is 1.47. The second kappa shape index (κ2) is 5.82. The van der Waals surface area contributed by atoms with Crippen molar-refractivity contribution < 1.29 is 14.2 Å². The molecule has 1 heterocycles. The van der Waals surface area contributed by atoms with Crippen LogP contribution in [0.4, 0.5) is 11.4 Å². The number of fused-ring (bicyclic) bond motifs is 1. The summed E-state index contributed by atoms with van der Waals surface area (Å²) in [7, 11) is 5.00. The number of nitrogens with one attached hydrogen (secondary N) is 2. The molecule has 1 aromatic carbocycles. The van der Waals surface area contributed by atoms with Crippen molar-refractivity contribution in [3.63, 3.8) is 0 Å². The molecule has 0 aromatic heterocycles. The molecular weight excluding hydrogens is 232 g/mol. The van der Waals surface area contributed by atoms with Crippen molar-refractivity contribution in [1.29, 1.82) is 0 Å². The Labute approximate surface area is 107 Å². The normalized spacial score (nSPS) is 17.4. The van der Waals surface area contributed by atoms with Gasteiger partial charge in [0.25, 0.3) is 0 Å². The van der Waals surface area contributed by atoms with E-state index in [0.29, 0.717) is 6.04 Å². The third-order valence-corrected chi connectivity index (χ3v) is 3.09. The van der Waals surface area contributed by atoms with Crippen LogP contribution in [0.15, 0.2) is 12.1 Å². The van der Waals surface area contributed by atoms with E-state index in [9.17, 15) is 0 Å². The standard InChI is InChI=1S/C13H20N2O3/c1-16-5-4-9-8-14-10-6-12(17-2)13(18-3)7-11(10)15-9/h6-7,9,14-15H,4-5,8H2,1-3H3. The number of benzene rings is 1. The Morgan fingerprint density at radius 1 is 1.11 bits per heavy atom. The molecule has 2 rings (SSSR count). The topological polar surface area (TPSA) is 51.8 Å². The van der Waals surface area contributed by atoms with Crippen LogP contribution in [-0.4, -0.2) is 40.5 Å². The third kappa shape index (κ3) is 2.61. The predicted octanol–water partition coefficient (Wildman–Crippen LogP) is 1.95. The summed E-state index contributed by atoms with van der Waals surface area (Å²) in [5.41, 5.74) is 2.08. The van der Waals surface area contributed by atoms with Gasteiger partial charge in [-0.3, -0.25) is 0 Å². The molecule has 0 fully saturated rings. The Morgan fingerprint density at radius 2 is 1.78 bits per heavy atom. The molecule has 0 amide bonds. The van der Waals surface area contributed by atoms with Gasteiger partial charge in [0.2, 0.25) is 0 Å². The van der Waals surface area contributed by atoms with E-state index < -0.39 is 0 Å². The summed E-state index contributed by atoms with van der Waals surface area (Å²) in [5, 5.41) is 6.87. The molecule has 1 aliphatic rings. The second-order valence-electron chi connectivity index (χ2n) is 4.26. The number of hydrogen-bond acceptors (Lipinski definition) is 5. The first-order valence-corrected chi connectivity index (χ1v) is 6.04. The number of hydrogen-bond donors (Lipinski definition) is 2. The van der Waals surface area contributed by atoms with Crippen molar-refractivity contribution in [2.24, 2.45) is 0 Å². The van der Waals surface area contributed by atoms with Gasteiger partial charge >= 0.3 is 0 Å². The minimum Gasteiger partial charge on any atom is -0.493 e. The van der Waals surface area contributed by atoms with Gasteiger partial charge in [-0.25, -0.2) is 0 Å². The Bertz CT molecular complexity index is 409. The van der Waals surface area contributed by atoms with E-state index in [0.717, 1.165) is 42.4 Å². The molecule has 0 spiro atoms. The SMILES string of the molecule is COCCC1CNc2cc(OC)c(OC)cc2N1. The lowest BCUT2D eigenvalue weighted by atomic mass is 10.1. The first-order chi connectivity index (χ1) is 8.78. The fraction of sp³-hybridized carbons (Fsp3) is 0.538. The van der Waals surface area contributed by atoms with Gasteiger partial charge in [-0.2, -0.15) is 0 Å². The molecule has 0 radical (unpaired) electrons. The van der Waals surface area contributed by atoms with E-state index >= 15 is 0 Å². The highest BCUT2D eigenvalue weighted by Crippen LogP contribution is 2.38. The van der Waals surface area contributed by atoms with Gasteiger partial charge < -0.3 is 24.8 Å². The smallest absolute Gasteiger partial charge is 0.162 e. The summed E-state index contributed by atoms with van der Waals surface area (Å²) in [6.07, 6.45) is 0.970. The van der Waals surface area contributed by atoms with Crippen LogP contribution in [0.3, 0.4) is 0 Å². The lowest BCUT2D eigenvalue weighted by Crippen LogP contribution is -2.33. The average Bonchev–Trinajstić information content (AvgIpc) is 2.43. The number of ether oxygens (including phenoxy) is 3.